The molecular weight excluding hydrogens is 267 g/mol. The molecule has 0 radical (unpaired) electrons. The zero-order valence-corrected chi connectivity index (χ0v) is 11.6. The molecule has 0 heterocycles. The first-order valence-electron chi connectivity index (χ1n) is 6.69. The lowest BCUT2D eigenvalue weighted by Crippen LogP contribution is -2.27. The van der Waals surface area contributed by atoms with Gasteiger partial charge in [0, 0.05) is 5.56 Å². The van der Waals surface area contributed by atoms with Crippen molar-refractivity contribution in [3.05, 3.63) is 71.0 Å². The van der Waals surface area contributed by atoms with Crippen molar-refractivity contribution >= 4 is 5.91 Å². The molecule has 4 heteroatoms. The van der Waals surface area contributed by atoms with Crippen molar-refractivity contribution in [2.24, 2.45) is 0 Å². The van der Waals surface area contributed by atoms with Crippen LogP contribution in [0, 0.1) is 17.1 Å². The summed E-state index contributed by atoms with van der Waals surface area (Å²) in [6, 6.07) is 13.9. The van der Waals surface area contributed by atoms with Crippen molar-refractivity contribution in [3.8, 4) is 6.07 Å². The van der Waals surface area contributed by atoms with Gasteiger partial charge in [0.1, 0.15) is 11.9 Å². The van der Waals surface area contributed by atoms with E-state index in [1.54, 1.807) is 12.1 Å². The highest BCUT2D eigenvalue weighted by Crippen LogP contribution is 2.14. The third kappa shape index (κ3) is 3.67. The number of carbonyl (C=O) groups is 1. The van der Waals surface area contributed by atoms with Gasteiger partial charge in [0.15, 0.2) is 0 Å². The van der Waals surface area contributed by atoms with E-state index in [4.69, 9.17) is 5.26 Å². The summed E-state index contributed by atoms with van der Waals surface area (Å²) in [4.78, 5) is 12.1. The van der Waals surface area contributed by atoms with Gasteiger partial charge < -0.3 is 5.32 Å². The second-order valence-electron chi connectivity index (χ2n) is 4.64. The van der Waals surface area contributed by atoms with Crippen LogP contribution in [-0.2, 0) is 6.42 Å². The number of hydrogen-bond donors (Lipinski definition) is 1. The molecule has 0 aliphatic carbocycles. The molecule has 1 amide bonds. The minimum atomic E-state index is -0.802. The summed E-state index contributed by atoms with van der Waals surface area (Å²) in [6.45, 7) is 2.04. The first kappa shape index (κ1) is 14.7. The van der Waals surface area contributed by atoms with Crippen molar-refractivity contribution in [3.63, 3.8) is 0 Å². The molecule has 2 aromatic rings. The second-order valence-corrected chi connectivity index (χ2v) is 4.64. The molecule has 0 spiro atoms. The number of benzene rings is 2. The topological polar surface area (TPSA) is 52.9 Å². The standard InChI is InChI=1S/C17H15FN2O/c1-2-12-3-5-14(6-4-12)17(21)20-16(11-19)13-7-9-15(18)10-8-13/h3-10,16H,2H2,1H3,(H,20,21)/t16-/m0/s1. The van der Waals surface area contributed by atoms with Gasteiger partial charge in [-0.05, 0) is 41.8 Å². The molecule has 1 atom stereocenters. The molecule has 0 unspecified atom stereocenters. The minimum Gasteiger partial charge on any atom is -0.333 e. The summed E-state index contributed by atoms with van der Waals surface area (Å²) in [5.74, 6) is -0.703. The SMILES string of the molecule is CCc1ccc(C(=O)N[C@@H](C#N)c2ccc(F)cc2)cc1. The van der Waals surface area contributed by atoms with E-state index in [0.717, 1.165) is 12.0 Å². The zero-order valence-electron chi connectivity index (χ0n) is 11.6. The van der Waals surface area contributed by atoms with Crippen molar-refractivity contribution in [1.82, 2.24) is 5.32 Å². The maximum Gasteiger partial charge on any atom is 0.252 e. The van der Waals surface area contributed by atoms with Crippen LogP contribution < -0.4 is 5.32 Å². The number of halogens is 1. The monoisotopic (exact) mass is 282 g/mol. The van der Waals surface area contributed by atoms with Crippen LogP contribution in [0.15, 0.2) is 48.5 Å². The van der Waals surface area contributed by atoms with Crippen molar-refractivity contribution in [2.75, 3.05) is 0 Å². The number of carbonyl (C=O) groups excluding carboxylic acids is 1. The highest BCUT2D eigenvalue weighted by atomic mass is 19.1. The normalized spacial score (nSPS) is 11.5. The van der Waals surface area contributed by atoms with E-state index in [2.05, 4.69) is 5.32 Å². The number of rotatable bonds is 4. The molecule has 0 saturated heterocycles. The van der Waals surface area contributed by atoms with E-state index < -0.39 is 6.04 Å². The molecule has 2 aromatic carbocycles. The Morgan fingerprint density at radius 2 is 1.81 bits per heavy atom. The third-order valence-corrected chi connectivity index (χ3v) is 3.23. The summed E-state index contributed by atoms with van der Waals surface area (Å²) in [5, 5.41) is 11.8. The van der Waals surface area contributed by atoms with Crippen LogP contribution in [0.2, 0.25) is 0 Å². The Morgan fingerprint density at radius 3 is 2.33 bits per heavy atom. The van der Waals surface area contributed by atoms with Crippen LogP contribution in [0.3, 0.4) is 0 Å². The Balaban J connectivity index is 2.12. The highest BCUT2D eigenvalue weighted by Gasteiger charge is 2.15. The van der Waals surface area contributed by atoms with Gasteiger partial charge in [0.05, 0.1) is 6.07 Å². The lowest BCUT2D eigenvalue weighted by Gasteiger charge is -2.12. The molecule has 21 heavy (non-hydrogen) atoms. The molecular formula is C17H15FN2O. The van der Waals surface area contributed by atoms with Gasteiger partial charge in [-0.15, -0.1) is 0 Å². The van der Waals surface area contributed by atoms with Gasteiger partial charge in [-0.1, -0.05) is 31.2 Å². The lowest BCUT2D eigenvalue weighted by atomic mass is 10.1. The minimum absolute atomic E-state index is 0.325. The smallest absolute Gasteiger partial charge is 0.252 e. The van der Waals surface area contributed by atoms with Crippen LogP contribution in [-0.4, -0.2) is 5.91 Å². The average molecular weight is 282 g/mol. The van der Waals surface area contributed by atoms with Crippen LogP contribution in [0.4, 0.5) is 4.39 Å². The number of nitrogens with one attached hydrogen (secondary N) is 1. The molecule has 0 saturated carbocycles. The molecule has 0 aliphatic rings. The van der Waals surface area contributed by atoms with Gasteiger partial charge in [0.25, 0.3) is 5.91 Å². The van der Waals surface area contributed by atoms with Crippen LogP contribution >= 0.6 is 0 Å². The fourth-order valence-corrected chi connectivity index (χ4v) is 1.95. The Morgan fingerprint density at radius 1 is 1.19 bits per heavy atom. The lowest BCUT2D eigenvalue weighted by molar-refractivity contribution is 0.0945. The largest absolute Gasteiger partial charge is 0.333 e. The average Bonchev–Trinajstić information content (AvgIpc) is 2.53. The number of nitriles is 1. The van der Waals surface area contributed by atoms with Crippen molar-refractivity contribution in [1.29, 1.82) is 5.26 Å². The summed E-state index contributed by atoms with van der Waals surface area (Å²) >= 11 is 0. The van der Waals surface area contributed by atoms with Gasteiger partial charge in [-0.25, -0.2) is 4.39 Å². The van der Waals surface area contributed by atoms with Crippen LogP contribution in [0.5, 0.6) is 0 Å². The predicted molar refractivity (Wildman–Crippen MR) is 78.0 cm³/mol. The molecule has 0 bridgehead atoms. The van der Waals surface area contributed by atoms with Gasteiger partial charge >= 0.3 is 0 Å². The molecule has 1 N–H and O–H groups in total. The maximum atomic E-state index is 12.9. The Labute approximate surface area is 123 Å². The number of hydrogen-bond acceptors (Lipinski definition) is 2. The number of nitrogens with zero attached hydrogens (tertiary/aromatic N) is 1. The maximum absolute atomic E-state index is 12.9. The summed E-state index contributed by atoms with van der Waals surface area (Å²) in [6.07, 6.45) is 0.901. The van der Waals surface area contributed by atoms with E-state index in [1.165, 1.54) is 24.3 Å². The van der Waals surface area contributed by atoms with E-state index in [0.29, 0.717) is 11.1 Å². The Hall–Kier alpha value is -2.67. The van der Waals surface area contributed by atoms with Crippen LogP contribution in [0.25, 0.3) is 0 Å². The van der Waals surface area contributed by atoms with Crippen molar-refractivity contribution < 1.29 is 9.18 Å². The van der Waals surface area contributed by atoms with E-state index in [1.807, 2.05) is 25.1 Å². The number of aryl methyl sites for hydroxylation is 1. The first-order chi connectivity index (χ1) is 10.1. The quantitative estimate of drug-likeness (QED) is 0.934. The van der Waals surface area contributed by atoms with E-state index >= 15 is 0 Å². The third-order valence-electron chi connectivity index (χ3n) is 3.23. The molecule has 2 rings (SSSR count). The highest BCUT2D eigenvalue weighted by molar-refractivity contribution is 5.94. The van der Waals surface area contributed by atoms with E-state index in [9.17, 15) is 9.18 Å². The molecule has 3 nitrogen and oxygen atoms in total. The predicted octanol–water partition coefficient (Wildman–Crippen LogP) is 3.38. The first-order valence-corrected chi connectivity index (χ1v) is 6.69. The Bertz CT molecular complexity index is 657. The molecule has 0 fully saturated rings. The van der Waals surface area contributed by atoms with Crippen LogP contribution in [0.1, 0.15) is 34.5 Å². The summed E-state index contributed by atoms with van der Waals surface area (Å²) < 4.78 is 12.9. The Kier molecular flexibility index (Phi) is 4.68. The van der Waals surface area contributed by atoms with Gasteiger partial charge in [-0.3, -0.25) is 4.79 Å². The fraction of sp³-hybridized carbons (Fsp3) is 0.176. The van der Waals surface area contributed by atoms with Crippen molar-refractivity contribution in [2.45, 2.75) is 19.4 Å². The zero-order chi connectivity index (χ0) is 15.2. The second kappa shape index (κ2) is 6.67. The summed E-state index contributed by atoms with van der Waals surface area (Å²) in [5.41, 5.74) is 2.19. The van der Waals surface area contributed by atoms with E-state index in [-0.39, 0.29) is 11.7 Å². The summed E-state index contributed by atoms with van der Waals surface area (Å²) in [7, 11) is 0. The van der Waals surface area contributed by atoms with Gasteiger partial charge in [-0.2, -0.15) is 5.26 Å². The molecule has 0 aromatic heterocycles. The number of amides is 1. The fourth-order valence-electron chi connectivity index (χ4n) is 1.95. The van der Waals surface area contributed by atoms with Gasteiger partial charge in [0.2, 0.25) is 0 Å². The molecule has 0 aliphatic heterocycles. The molecule has 106 valence electrons.